The molecule has 19 heavy (non-hydrogen) atoms. The van der Waals surface area contributed by atoms with Gasteiger partial charge in [-0.1, -0.05) is 17.7 Å². The van der Waals surface area contributed by atoms with Crippen molar-refractivity contribution in [3.63, 3.8) is 0 Å². The molecule has 0 radical (unpaired) electrons. The summed E-state index contributed by atoms with van der Waals surface area (Å²) < 4.78 is 5.74. The molecule has 104 valence electrons. The maximum Gasteiger partial charge on any atom is 0.305 e. The number of hydrogen-bond acceptors (Lipinski definition) is 3. The maximum absolute atomic E-state index is 10.8. The first kappa shape index (κ1) is 14.2. The van der Waals surface area contributed by atoms with Gasteiger partial charge in [0.2, 0.25) is 0 Å². The molecule has 1 aromatic rings. The molecule has 0 spiro atoms. The van der Waals surface area contributed by atoms with Crippen LogP contribution in [0.3, 0.4) is 0 Å². The number of carbonyl (C=O) groups is 1. The number of rotatable bonds is 6. The number of hydrogen-bond donors (Lipinski definition) is 2. The van der Waals surface area contributed by atoms with E-state index in [1.165, 1.54) is 12.8 Å². The van der Waals surface area contributed by atoms with Crippen LogP contribution in [0.5, 0.6) is 5.75 Å². The molecule has 1 aromatic carbocycles. The minimum absolute atomic E-state index is 0.139. The van der Waals surface area contributed by atoms with Crippen molar-refractivity contribution in [3.05, 3.63) is 28.3 Å². The largest absolute Gasteiger partial charge is 0.491 e. The molecule has 0 aromatic heterocycles. The van der Waals surface area contributed by atoms with Gasteiger partial charge in [-0.05, 0) is 37.3 Å². The first-order valence-corrected chi connectivity index (χ1v) is 6.75. The fourth-order valence-corrected chi connectivity index (χ4v) is 2.30. The van der Waals surface area contributed by atoms with Gasteiger partial charge in [-0.2, -0.15) is 0 Å². The maximum atomic E-state index is 10.8. The number of carboxylic acid groups (broad SMARTS) is 1. The topological polar surface area (TPSA) is 72.5 Å². The number of halogens is 1. The van der Waals surface area contributed by atoms with Gasteiger partial charge in [0.1, 0.15) is 5.75 Å². The van der Waals surface area contributed by atoms with Crippen molar-refractivity contribution in [2.75, 3.05) is 6.61 Å². The Bertz CT molecular complexity index is 486. The fraction of sp³-hybridized carbons (Fsp3) is 0.500. The van der Waals surface area contributed by atoms with Crippen LogP contribution < -0.4 is 10.5 Å². The third-order valence-corrected chi connectivity index (χ3v) is 3.45. The van der Waals surface area contributed by atoms with Crippen LogP contribution in [0, 0.1) is 12.8 Å². The van der Waals surface area contributed by atoms with Gasteiger partial charge in [0.05, 0.1) is 18.1 Å². The van der Waals surface area contributed by atoms with Crippen molar-refractivity contribution in [1.29, 1.82) is 0 Å². The van der Waals surface area contributed by atoms with E-state index in [2.05, 4.69) is 0 Å². The Labute approximate surface area is 117 Å². The molecule has 0 heterocycles. The Morgan fingerprint density at radius 1 is 1.58 bits per heavy atom. The van der Waals surface area contributed by atoms with E-state index in [9.17, 15) is 4.79 Å². The summed E-state index contributed by atoms with van der Waals surface area (Å²) >= 11 is 6.19. The predicted molar refractivity (Wildman–Crippen MR) is 73.6 cm³/mol. The van der Waals surface area contributed by atoms with Gasteiger partial charge in [0.15, 0.2) is 0 Å². The summed E-state index contributed by atoms with van der Waals surface area (Å²) in [6.07, 6.45) is 2.22. The van der Waals surface area contributed by atoms with Crippen LogP contribution in [-0.4, -0.2) is 17.7 Å². The minimum atomic E-state index is -0.932. The zero-order valence-corrected chi connectivity index (χ0v) is 11.6. The van der Waals surface area contributed by atoms with Crippen LogP contribution in [-0.2, 0) is 4.79 Å². The van der Waals surface area contributed by atoms with E-state index in [1.807, 2.05) is 13.0 Å². The first-order chi connectivity index (χ1) is 8.97. The van der Waals surface area contributed by atoms with E-state index in [-0.39, 0.29) is 6.42 Å². The standard InChI is InChI=1S/C14H18ClNO3/c1-8-4-10(12(16)6-13(17)18)14(11(15)5-8)19-7-9-2-3-9/h4-5,9,12H,2-3,6-7,16H2,1H3,(H,17,18). The summed E-state index contributed by atoms with van der Waals surface area (Å²) in [6, 6.07) is 3.05. The number of benzene rings is 1. The molecule has 0 amide bonds. The average Bonchev–Trinajstić information content (AvgIpc) is 3.09. The third-order valence-electron chi connectivity index (χ3n) is 3.17. The van der Waals surface area contributed by atoms with E-state index < -0.39 is 12.0 Å². The Balaban J connectivity index is 2.23. The lowest BCUT2D eigenvalue weighted by Gasteiger charge is -2.18. The highest BCUT2D eigenvalue weighted by atomic mass is 35.5. The molecular weight excluding hydrogens is 266 g/mol. The van der Waals surface area contributed by atoms with Crippen molar-refractivity contribution >= 4 is 17.6 Å². The number of nitrogens with two attached hydrogens (primary N) is 1. The van der Waals surface area contributed by atoms with E-state index in [0.29, 0.717) is 28.9 Å². The van der Waals surface area contributed by atoms with Crippen LogP contribution in [0.2, 0.25) is 5.02 Å². The summed E-state index contributed by atoms with van der Waals surface area (Å²) in [4.78, 5) is 10.8. The lowest BCUT2D eigenvalue weighted by Crippen LogP contribution is -2.17. The fourth-order valence-electron chi connectivity index (χ4n) is 1.97. The molecule has 0 saturated heterocycles. The smallest absolute Gasteiger partial charge is 0.305 e. The molecule has 1 aliphatic rings. The minimum Gasteiger partial charge on any atom is -0.491 e. The highest BCUT2D eigenvalue weighted by Gasteiger charge is 2.24. The average molecular weight is 284 g/mol. The van der Waals surface area contributed by atoms with Gasteiger partial charge < -0.3 is 15.6 Å². The summed E-state index contributed by atoms with van der Waals surface area (Å²) in [6.45, 7) is 2.52. The lowest BCUT2D eigenvalue weighted by atomic mass is 10.0. The van der Waals surface area contributed by atoms with Gasteiger partial charge in [-0.25, -0.2) is 0 Å². The number of ether oxygens (including phenoxy) is 1. The van der Waals surface area contributed by atoms with Crippen molar-refractivity contribution < 1.29 is 14.6 Å². The molecular formula is C14H18ClNO3. The van der Waals surface area contributed by atoms with Crippen LogP contribution in [0.1, 0.15) is 36.4 Å². The highest BCUT2D eigenvalue weighted by Crippen LogP contribution is 2.37. The number of carboxylic acids is 1. The SMILES string of the molecule is Cc1cc(Cl)c(OCC2CC2)c(C(N)CC(=O)O)c1. The van der Waals surface area contributed by atoms with Crippen molar-refractivity contribution in [3.8, 4) is 5.75 Å². The number of aliphatic carboxylic acids is 1. The second-order valence-electron chi connectivity index (χ2n) is 5.12. The second-order valence-corrected chi connectivity index (χ2v) is 5.53. The van der Waals surface area contributed by atoms with Crippen LogP contribution in [0.15, 0.2) is 12.1 Å². The van der Waals surface area contributed by atoms with E-state index in [4.69, 9.17) is 27.2 Å². The molecule has 3 N–H and O–H groups in total. The molecule has 0 aliphatic heterocycles. The Kier molecular flexibility index (Phi) is 4.32. The van der Waals surface area contributed by atoms with Crippen LogP contribution in [0.4, 0.5) is 0 Å². The van der Waals surface area contributed by atoms with Gasteiger partial charge in [0, 0.05) is 11.6 Å². The zero-order chi connectivity index (χ0) is 14.0. The van der Waals surface area contributed by atoms with Crippen LogP contribution in [0.25, 0.3) is 0 Å². The van der Waals surface area contributed by atoms with E-state index in [1.54, 1.807) is 6.07 Å². The quantitative estimate of drug-likeness (QED) is 0.842. The molecule has 1 saturated carbocycles. The van der Waals surface area contributed by atoms with Gasteiger partial charge in [0.25, 0.3) is 0 Å². The molecule has 4 nitrogen and oxygen atoms in total. The van der Waals surface area contributed by atoms with Gasteiger partial charge in [-0.3, -0.25) is 4.79 Å². The molecule has 1 aliphatic carbocycles. The summed E-state index contributed by atoms with van der Waals surface area (Å²) in [5.74, 6) is 0.201. The summed E-state index contributed by atoms with van der Waals surface area (Å²) in [5.41, 5.74) is 7.56. The molecule has 5 heteroatoms. The van der Waals surface area contributed by atoms with E-state index >= 15 is 0 Å². The predicted octanol–water partition coefficient (Wildman–Crippen LogP) is 2.91. The van der Waals surface area contributed by atoms with Gasteiger partial charge in [-0.15, -0.1) is 0 Å². The Morgan fingerprint density at radius 2 is 2.26 bits per heavy atom. The van der Waals surface area contributed by atoms with Gasteiger partial charge >= 0.3 is 5.97 Å². The Hall–Kier alpha value is -1.26. The first-order valence-electron chi connectivity index (χ1n) is 6.37. The summed E-state index contributed by atoms with van der Waals surface area (Å²) in [5, 5.41) is 9.35. The van der Waals surface area contributed by atoms with E-state index in [0.717, 1.165) is 5.56 Å². The third kappa shape index (κ3) is 3.85. The van der Waals surface area contributed by atoms with Crippen LogP contribution >= 0.6 is 11.6 Å². The second kappa shape index (κ2) is 5.80. The monoisotopic (exact) mass is 283 g/mol. The molecule has 2 rings (SSSR count). The molecule has 1 unspecified atom stereocenters. The molecule has 1 atom stereocenters. The lowest BCUT2D eigenvalue weighted by molar-refractivity contribution is -0.137. The van der Waals surface area contributed by atoms with Crippen molar-refractivity contribution in [2.24, 2.45) is 11.7 Å². The van der Waals surface area contributed by atoms with Crippen molar-refractivity contribution in [2.45, 2.75) is 32.2 Å². The molecule has 0 bridgehead atoms. The molecule has 1 fully saturated rings. The number of aryl methyl sites for hydroxylation is 1. The Morgan fingerprint density at radius 3 is 2.84 bits per heavy atom. The van der Waals surface area contributed by atoms with Crippen molar-refractivity contribution in [1.82, 2.24) is 0 Å². The normalized spacial score (nSPS) is 16.2. The highest BCUT2D eigenvalue weighted by molar-refractivity contribution is 6.32. The zero-order valence-electron chi connectivity index (χ0n) is 10.9. The summed E-state index contributed by atoms with van der Waals surface area (Å²) in [7, 11) is 0.